The Morgan fingerprint density at radius 2 is 1.88 bits per heavy atom. The predicted octanol–water partition coefficient (Wildman–Crippen LogP) is 4.54. The number of anilines is 3. The molecule has 2 N–H and O–H groups in total. The molecule has 4 rings (SSSR count). The van der Waals surface area contributed by atoms with E-state index in [2.05, 4.69) is 20.6 Å². The van der Waals surface area contributed by atoms with E-state index in [1.165, 1.54) is 0 Å². The van der Waals surface area contributed by atoms with Gasteiger partial charge < -0.3 is 10.6 Å². The van der Waals surface area contributed by atoms with Gasteiger partial charge in [-0.3, -0.25) is 0 Å². The average molecular weight is 333 g/mol. The Labute approximate surface area is 143 Å². The molecule has 0 atom stereocenters. The molecule has 0 radical (unpaired) electrons. The quantitative estimate of drug-likeness (QED) is 0.574. The zero-order valence-electron chi connectivity index (χ0n) is 13.0. The molecule has 0 amide bonds. The fraction of sp³-hybridized carbons (Fsp3) is 0.0556. The first-order valence-corrected chi connectivity index (χ1v) is 8.43. The largest absolute Gasteiger partial charge is 0.373 e. The summed E-state index contributed by atoms with van der Waals surface area (Å²) in [5, 5.41) is 9.39. The van der Waals surface area contributed by atoms with Crippen LogP contribution in [0.4, 0.5) is 17.3 Å². The molecule has 0 fully saturated rings. The monoisotopic (exact) mass is 333 g/mol. The van der Waals surface area contributed by atoms with Crippen molar-refractivity contribution in [2.24, 2.45) is 0 Å². The number of para-hydroxylation sites is 1. The van der Waals surface area contributed by atoms with Gasteiger partial charge in [-0.25, -0.2) is 15.0 Å². The van der Waals surface area contributed by atoms with Crippen LogP contribution in [0.5, 0.6) is 0 Å². The molecule has 118 valence electrons. The van der Waals surface area contributed by atoms with Crippen LogP contribution in [0.25, 0.3) is 21.6 Å². The SMILES string of the molecule is CNc1ccc(Nc2nc(-c3cccs3)nc3ccccc23)cn1. The molecule has 0 aliphatic rings. The molecule has 3 aromatic heterocycles. The summed E-state index contributed by atoms with van der Waals surface area (Å²) in [6.07, 6.45) is 1.79. The zero-order chi connectivity index (χ0) is 16.4. The third-order valence-corrected chi connectivity index (χ3v) is 4.49. The Hall–Kier alpha value is -2.99. The molecule has 3 heterocycles. The van der Waals surface area contributed by atoms with Gasteiger partial charge in [0.05, 0.1) is 22.3 Å². The van der Waals surface area contributed by atoms with Crippen molar-refractivity contribution in [2.45, 2.75) is 0 Å². The predicted molar refractivity (Wildman–Crippen MR) is 99.9 cm³/mol. The van der Waals surface area contributed by atoms with Gasteiger partial charge in [-0.05, 0) is 35.7 Å². The number of pyridine rings is 1. The number of hydrogen-bond acceptors (Lipinski definition) is 6. The van der Waals surface area contributed by atoms with Crippen molar-refractivity contribution in [3.63, 3.8) is 0 Å². The molecule has 24 heavy (non-hydrogen) atoms. The van der Waals surface area contributed by atoms with Crippen LogP contribution in [0.1, 0.15) is 0 Å². The van der Waals surface area contributed by atoms with Gasteiger partial charge in [-0.1, -0.05) is 18.2 Å². The number of fused-ring (bicyclic) bond motifs is 1. The Balaban J connectivity index is 1.80. The summed E-state index contributed by atoms with van der Waals surface area (Å²) in [7, 11) is 1.85. The number of thiophene rings is 1. The number of aromatic nitrogens is 3. The second-order valence-corrected chi connectivity index (χ2v) is 6.15. The lowest BCUT2D eigenvalue weighted by atomic mass is 10.2. The Kier molecular flexibility index (Phi) is 3.80. The molecule has 0 saturated heterocycles. The van der Waals surface area contributed by atoms with Gasteiger partial charge in [0.1, 0.15) is 11.6 Å². The summed E-state index contributed by atoms with van der Waals surface area (Å²) >= 11 is 1.63. The van der Waals surface area contributed by atoms with Crippen molar-refractivity contribution < 1.29 is 0 Å². The van der Waals surface area contributed by atoms with Crippen LogP contribution in [0, 0.1) is 0 Å². The zero-order valence-corrected chi connectivity index (χ0v) is 13.8. The lowest BCUT2D eigenvalue weighted by Gasteiger charge is -2.10. The molecule has 0 aliphatic heterocycles. The van der Waals surface area contributed by atoms with Gasteiger partial charge in [0.15, 0.2) is 5.82 Å². The first-order chi connectivity index (χ1) is 11.8. The molecule has 0 spiro atoms. The number of rotatable bonds is 4. The second kappa shape index (κ2) is 6.25. The topological polar surface area (TPSA) is 62.7 Å². The summed E-state index contributed by atoms with van der Waals surface area (Å²) in [5.41, 5.74) is 1.80. The lowest BCUT2D eigenvalue weighted by molar-refractivity contribution is 1.22. The molecule has 5 nitrogen and oxygen atoms in total. The first-order valence-electron chi connectivity index (χ1n) is 7.55. The fourth-order valence-electron chi connectivity index (χ4n) is 2.44. The van der Waals surface area contributed by atoms with E-state index in [9.17, 15) is 0 Å². The van der Waals surface area contributed by atoms with Crippen LogP contribution in [-0.4, -0.2) is 22.0 Å². The van der Waals surface area contributed by atoms with Crippen LogP contribution in [0.3, 0.4) is 0 Å². The van der Waals surface area contributed by atoms with E-state index in [1.54, 1.807) is 17.5 Å². The molecule has 0 saturated carbocycles. The Morgan fingerprint density at radius 3 is 2.62 bits per heavy atom. The maximum absolute atomic E-state index is 4.73. The van der Waals surface area contributed by atoms with Gasteiger partial charge in [0, 0.05) is 12.4 Å². The van der Waals surface area contributed by atoms with Crippen LogP contribution in [0.2, 0.25) is 0 Å². The van der Waals surface area contributed by atoms with Gasteiger partial charge >= 0.3 is 0 Å². The van der Waals surface area contributed by atoms with Crippen LogP contribution in [0.15, 0.2) is 60.1 Å². The molecule has 0 unspecified atom stereocenters. The summed E-state index contributed by atoms with van der Waals surface area (Å²) < 4.78 is 0. The van der Waals surface area contributed by atoms with E-state index in [4.69, 9.17) is 4.98 Å². The molecule has 4 aromatic rings. The van der Waals surface area contributed by atoms with E-state index in [0.29, 0.717) is 0 Å². The summed E-state index contributed by atoms with van der Waals surface area (Å²) in [5.74, 6) is 2.33. The van der Waals surface area contributed by atoms with Crippen molar-refractivity contribution in [1.29, 1.82) is 0 Å². The second-order valence-electron chi connectivity index (χ2n) is 5.20. The van der Waals surface area contributed by atoms with Gasteiger partial charge in [-0.15, -0.1) is 11.3 Å². The maximum Gasteiger partial charge on any atom is 0.172 e. The smallest absolute Gasteiger partial charge is 0.172 e. The van der Waals surface area contributed by atoms with Crippen LogP contribution in [-0.2, 0) is 0 Å². The van der Waals surface area contributed by atoms with Gasteiger partial charge in [-0.2, -0.15) is 0 Å². The molecule has 1 aromatic carbocycles. The standard InChI is InChI=1S/C18H15N5S/c1-19-16-9-8-12(11-20-16)21-17-13-5-2-3-6-14(13)22-18(23-17)15-7-4-10-24-15/h2-11H,1H3,(H,19,20)(H,21,22,23). The molecular formula is C18H15N5S. The third kappa shape index (κ3) is 2.79. The third-order valence-electron chi connectivity index (χ3n) is 3.63. The minimum atomic E-state index is 0.728. The number of hydrogen-bond donors (Lipinski definition) is 2. The first kappa shape index (κ1) is 14.6. The molecule has 0 bridgehead atoms. The van der Waals surface area contributed by atoms with E-state index in [-0.39, 0.29) is 0 Å². The minimum absolute atomic E-state index is 0.728. The van der Waals surface area contributed by atoms with Gasteiger partial charge in [0.25, 0.3) is 0 Å². The summed E-state index contributed by atoms with van der Waals surface area (Å²) in [4.78, 5) is 14.8. The highest BCUT2D eigenvalue weighted by molar-refractivity contribution is 7.13. The van der Waals surface area contributed by atoms with Crippen molar-refractivity contribution in [1.82, 2.24) is 15.0 Å². The molecule has 0 aliphatic carbocycles. The van der Waals surface area contributed by atoms with E-state index >= 15 is 0 Å². The maximum atomic E-state index is 4.73. The summed E-state index contributed by atoms with van der Waals surface area (Å²) in [6.45, 7) is 0. The Morgan fingerprint density at radius 1 is 0.958 bits per heavy atom. The van der Waals surface area contributed by atoms with E-state index in [1.807, 2.05) is 61.0 Å². The van der Waals surface area contributed by atoms with Crippen molar-refractivity contribution in [3.8, 4) is 10.7 Å². The van der Waals surface area contributed by atoms with Crippen molar-refractivity contribution in [3.05, 3.63) is 60.1 Å². The molecular weight excluding hydrogens is 318 g/mol. The normalized spacial score (nSPS) is 10.7. The highest BCUT2D eigenvalue weighted by atomic mass is 32.1. The molecule has 6 heteroatoms. The van der Waals surface area contributed by atoms with Crippen LogP contribution < -0.4 is 10.6 Å². The highest BCUT2D eigenvalue weighted by Gasteiger charge is 2.10. The van der Waals surface area contributed by atoms with E-state index in [0.717, 1.165) is 38.9 Å². The minimum Gasteiger partial charge on any atom is -0.373 e. The van der Waals surface area contributed by atoms with Crippen LogP contribution >= 0.6 is 11.3 Å². The lowest BCUT2D eigenvalue weighted by Crippen LogP contribution is -2.00. The Bertz CT molecular complexity index is 965. The van der Waals surface area contributed by atoms with Crippen molar-refractivity contribution in [2.75, 3.05) is 17.7 Å². The summed E-state index contributed by atoms with van der Waals surface area (Å²) in [6, 6.07) is 15.9. The highest BCUT2D eigenvalue weighted by Crippen LogP contribution is 2.29. The number of benzene rings is 1. The van der Waals surface area contributed by atoms with E-state index < -0.39 is 0 Å². The van der Waals surface area contributed by atoms with Gasteiger partial charge in [0.2, 0.25) is 0 Å². The average Bonchev–Trinajstić information content (AvgIpc) is 3.17. The number of nitrogens with one attached hydrogen (secondary N) is 2. The van der Waals surface area contributed by atoms with Crippen molar-refractivity contribution >= 4 is 39.6 Å². The number of nitrogens with zero attached hydrogens (tertiary/aromatic N) is 3. The fourth-order valence-corrected chi connectivity index (χ4v) is 3.10.